The Kier molecular flexibility index (Phi) is 1.33. The second-order valence-corrected chi connectivity index (χ2v) is 1.98. The smallest absolute Gasteiger partial charge is 0.114 e. The monoisotopic (exact) mass is 147 g/mol. The molecule has 0 aromatic carbocycles. The predicted octanol–water partition coefficient (Wildman–Crippen LogP) is 0.262. The van der Waals surface area contributed by atoms with Crippen LogP contribution in [-0.4, -0.2) is 25.6 Å². The highest BCUT2D eigenvalue weighted by Crippen LogP contribution is 2.08. The van der Waals surface area contributed by atoms with E-state index in [9.17, 15) is 0 Å². The first kappa shape index (κ1) is 5.96. The maximum absolute atomic E-state index is 3.79. The van der Waals surface area contributed by atoms with Crippen molar-refractivity contribution in [3.63, 3.8) is 0 Å². The molecule has 1 N–H and O–H groups in total. The van der Waals surface area contributed by atoms with Gasteiger partial charge in [-0.05, 0) is 17.3 Å². The summed E-state index contributed by atoms with van der Waals surface area (Å²) in [7, 11) is 0. The van der Waals surface area contributed by atoms with Gasteiger partial charge in [0.15, 0.2) is 0 Å². The van der Waals surface area contributed by atoms with Crippen LogP contribution in [0.5, 0.6) is 0 Å². The lowest BCUT2D eigenvalue weighted by molar-refractivity contribution is 0.866. The molecule has 0 aliphatic heterocycles. The summed E-state index contributed by atoms with van der Waals surface area (Å²) in [6.07, 6.45) is 3.25. The Morgan fingerprint density at radius 3 is 2.82 bits per heavy atom. The van der Waals surface area contributed by atoms with Crippen molar-refractivity contribution in [3.8, 4) is 11.4 Å². The van der Waals surface area contributed by atoms with E-state index in [1.54, 1.807) is 18.5 Å². The Bertz CT molecular complexity index is 314. The highest BCUT2D eigenvalue weighted by molar-refractivity contribution is 5.51. The van der Waals surface area contributed by atoms with Crippen LogP contribution in [0.15, 0.2) is 24.5 Å². The topological polar surface area (TPSA) is 67.3 Å². The summed E-state index contributed by atoms with van der Waals surface area (Å²) in [6.45, 7) is 0. The molecule has 0 aliphatic carbocycles. The summed E-state index contributed by atoms with van der Waals surface area (Å²) in [5.74, 6) is 0. The first-order valence-corrected chi connectivity index (χ1v) is 3.11. The van der Waals surface area contributed by atoms with Crippen molar-refractivity contribution in [2.45, 2.75) is 0 Å². The van der Waals surface area contributed by atoms with Crippen LogP contribution >= 0.6 is 0 Å². The molecule has 0 fully saturated rings. The average Bonchev–Trinajstić information content (AvgIpc) is 2.58. The lowest BCUT2D eigenvalue weighted by Gasteiger charge is -1.89. The summed E-state index contributed by atoms with van der Waals surface area (Å²) in [5.41, 5.74) is 1.59. The van der Waals surface area contributed by atoms with E-state index in [4.69, 9.17) is 0 Å². The molecular formula is C6H5N5. The molecule has 54 valence electrons. The number of aromatic nitrogens is 5. The van der Waals surface area contributed by atoms with Crippen molar-refractivity contribution in [1.82, 2.24) is 25.6 Å². The molecule has 0 unspecified atom stereocenters. The molecule has 5 nitrogen and oxygen atoms in total. The first-order chi connectivity index (χ1) is 5.47. The largest absolute Gasteiger partial charge is 0.276 e. The van der Waals surface area contributed by atoms with E-state index >= 15 is 0 Å². The average molecular weight is 147 g/mol. The molecule has 0 amide bonds. The second kappa shape index (κ2) is 2.45. The number of nitrogens with one attached hydrogen (secondary N) is 1. The normalized spacial score (nSPS) is 9.82. The van der Waals surface area contributed by atoms with E-state index < -0.39 is 0 Å². The minimum atomic E-state index is 0.748. The SMILES string of the molecule is c1cc(-c2ccn[nH]2)nnn1. The molecule has 5 heteroatoms. The number of H-pyrrole nitrogens is 1. The molecule has 0 radical (unpaired) electrons. The van der Waals surface area contributed by atoms with Gasteiger partial charge in [0.25, 0.3) is 0 Å². The van der Waals surface area contributed by atoms with Crippen LogP contribution in [0.2, 0.25) is 0 Å². The van der Waals surface area contributed by atoms with Crippen LogP contribution in [0.3, 0.4) is 0 Å². The summed E-state index contributed by atoms with van der Waals surface area (Å²) in [6, 6.07) is 3.59. The van der Waals surface area contributed by atoms with Crippen molar-refractivity contribution in [3.05, 3.63) is 24.5 Å². The van der Waals surface area contributed by atoms with Crippen molar-refractivity contribution in [2.75, 3.05) is 0 Å². The molecule has 2 aromatic heterocycles. The van der Waals surface area contributed by atoms with Gasteiger partial charge in [-0.2, -0.15) is 5.10 Å². The van der Waals surface area contributed by atoms with E-state index in [0.29, 0.717) is 0 Å². The molecule has 2 heterocycles. The minimum absolute atomic E-state index is 0.748. The van der Waals surface area contributed by atoms with Crippen molar-refractivity contribution in [2.24, 2.45) is 0 Å². The molecule has 0 atom stereocenters. The maximum atomic E-state index is 3.79. The van der Waals surface area contributed by atoms with Gasteiger partial charge in [0.2, 0.25) is 0 Å². The first-order valence-electron chi connectivity index (χ1n) is 3.11. The van der Waals surface area contributed by atoms with Crippen LogP contribution < -0.4 is 0 Å². The number of hydrogen-bond acceptors (Lipinski definition) is 4. The maximum Gasteiger partial charge on any atom is 0.114 e. The van der Waals surface area contributed by atoms with Crippen molar-refractivity contribution >= 4 is 0 Å². The lowest BCUT2D eigenvalue weighted by Crippen LogP contribution is -1.88. The van der Waals surface area contributed by atoms with Gasteiger partial charge in [0, 0.05) is 6.20 Å². The molecule has 2 aromatic rings. The third-order valence-corrected chi connectivity index (χ3v) is 1.28. The van der Waals surface area contributed by atoms with Gasteiger partial charge in [-0.3, -0.25) is 5.10 Å². The summed E-state index contributed by atoms with van der Waals surface area (Å²) < 4.78 is 0. The fourth-order valence-electron chi connectivity index (χ4n) is 0.783. The minimum Gasteiger partial charge on any atom is -0.276 e. The molecule has 0 spiro atoms. The van der Waals surface area contributed by atoms with Gasteiger partial charge in [-0.15, -0.1) is 10.2 Å². The molecule has 0 saturated carbocycles. The van der Waals surface area contributed by atoms with E-state index in [1.165, 1.54) is 0 Å². The van der Waals surface area contributed by atoms with Crippen LogP contribution in [-0.2, 0) is 0 Å². The highest BCUT2D eigenvalue weighted by atomic mass is 15.3. The molecule has 0 bridgehead atoms. The third-order valence-electron chi connectivity index (χ3n) is 1.28. The fraction of sp³-hybridized carbons (Fsp3) is 0. The molecular weight excluding hydrogens is 142 g/mol. The van der Waals surface area contributed by atoms with Gasteiger partial charge in [-0.25, -0.2) is 0 Å². The van der Waals surface area contributed by atoms with Crippen molar-refractivity contribution < 1.29 is 0 Å². The number of aromatic amines is 1. The standard InChI is InChI=1S/C6H5N5/c1-3-7-9-5(1)6-2-4-8-11-10-6/h1-4H,(H,7,9). The van der Waals surface area contributed by atoms with Crippen LogP contribution in [0.25, 0.3) is 11.4 Å². The third kappa shape index (κ3) is 1.07. The second-order valence-electron chi connectivity index (χ2n) is 1.98. The van der Waals surface area contributed by atoms with Gasteiger partial charge in [0.05, 0.1) is 11.9 Å². The summed E-state index contributed by atoms with van der Waals surface area (Å²) >= 11 is 0. The van der Waals surface area contributed by atoms with Crippen LogP contribution in [0.4, 0.5) is 0 Å². The highest BCUT2D eigenvalue weighted by Gasteiger charge is 1.97. The van der Waals surface area contributed by atoms with E-state index in [-0.39, 0.29) is 0 Å². The summed E-state index contributed by atoms with van der Waals surface area (Å²) in [4.78, 5) is 0. The predicted molar refractivity (Wildman–Crippen MR) is 37.4 cm³/mol. The number of nitrogens with zero attached hydrogens (tertiary/aromatic N) is 4. The van der Waals surface area contributed by atoms with Crippen LogP contribution in [0, 0.1) is 0 Å². The van der Waals surface area contributed by atoms with Crippen LogP contribution in [0.1, 0.15) is 0 Å². The molecule has 11 heavy (non-hydrogen) atoms. The summed E-state index contributed by atoms with van der Waals surface area (Å²) in [5, 5.41) is 17.4. The quantitative estimate of drug-likeness (QED) is 0.628. The molecule has 0 saturated heterocycles. The Hall–Kier alpha value is -1.78. The van der Waals surface area contributed by atoms with Gasteiger partial charge in [-0.1, -0.05) is 0 Å². The number of rotatable bonds is 1. The Labute approximate surface area is 62.5 Å². The zero-order valence-corrected chi connectivity index (χ0v) is 5.60. The Morgan fingerprint density at radius 1 is 1.18 bits per heavy atom. The molecule has 0 aliphatic rings. The molecule has 2 rings (SSSR count). The zero-order chi connectivity index (χ0) is 7.52. The lowest BCUT2D eigenvalue weighted by atomic mass is 10.3. The Morgan fingerprint density at radius 2 is 2.18 bits per heavy atom. The van der Waals surface area contributed by atoms with Gasteiger partial charge >= 0.3 is 0 Å². The number of hydrogen-bond donors (Lipinski definition) is 1. The van der Waals surface area contributed by atoms with E-state index in [1.807, 2.05) is 6.07 Å². The fourth-order valence-corrected chi connectivity index (χ4v) is 0.783. The Balaban J connectivity index is 2.46. The van der Waals surface area contributed by atoms with Gasteiger partial charge < -0.3 is 0 Å². The van der Waals surface area contributed by atoms with E-state index in [2.05, 4.69) is 25.6 Å². The van der Waals surface area contributed by atoms with Crippen molar-refractivity contribution in [1.29, 1.82) is 0 Å². The van der Waals surface area contributed by atoms with Gasteiger partial charge in [0.1, 0.15) is 5.69 Å². The zero-order valence-electron chi connectivity index (χ0n) is 5.60. The van der Waals surface area contributed by atoms with E-state index in [0.717, 1.165) is 11.4 Å².